The summed E-state index contributed by atoms with van der Waals surface area (Å²) in [5.74, 6) is 1.21. The molecule has 2 rings (SSSR count). The van der Waals surface area contributed by atoms with E-state index in [2.05, 4.69) is 22.4 Å². The van der Waals surface area contributed by atoms with Crippen LogP contribution in [0.1, 0.15) is 38.2 Å². The van der Waals surface area contributed by atoms with Gasteiger partial charge in [0.25, 0.3) is 5.69 Å². The first-order chi connectivity index (χ1) is 12.2. The lowest BCUT2D eigenvalue weighted by Gasteiger charge is -2.08. The molecule has 7 heteroatoms. The quantitative estimate of drug-likeness (QED) is 0.299. The summed E-state index contributed by atoms with van der Waals surface area (Å²) < 4.78 is 5.82. The van der Waals surface area contributed by atoms with E-state index in [0.29, 0.717) is 12.4 Å². The van der Waals surface area contributed by atoms with Crippen molar-refractivity contribution >= 4 is 17.7 Å². The van der Waals surface area contributed by atoms with Crippen LogP contribution in [-0.2, 0) is 0 Å². The lowest BCUT2D eigenvalue weighted by Crippen LogP contribution is -2.01. The van der Waals surface area contributed by atoms with Crippen LogP contribution in [0.15, 0.2) is 47.7 Å². The van der Waals surface area contributed by atoms with Crippen LogP contribution in [-0.4, -0.2) is 22.7 Å². The number of hydrogen-bond donors (Lipinski definition) is 1. The Morgan fingerprint density at radius 3 is 2.80 bits per heavy atom. The van der Waals surface area contributed by atoms with Crippen molar-refractivity contribution in [2.45, 2.75) is 32.6 Å². The number of hydrogen-bond acceptors (Lipinski definition) is 6. The van der Waals surface area contributed by atoms with Crippen molar-refractivity contribution < 1.29 is 9.66 Å². The van der Waals surface area contributed by atoms with Crippen molar-refractivity contribution in [1.82, 2.24) is 4.98 Å². The molecule has 0 unspecified atom stereocenters. The van der Waals surface area contributed by atoms with Gasteiger partial charge in [0, 0.05) is 11.6 Å². The number of nitrogens with one attached hydrogen (secondary N) is 1. The molecule has 0 aliphatic carbocycles. The molecule has 0 fully saturated rings. The maximum absolute atomic E-state index is 10.6. The second-order valence-corrected chi connectivity index (χ2v) is 5.48. The third-order valence-electron chi connectivity index (χ3n) is 3.52. The molecular formula is C18H22N4O3. The molecule has 0 amide bonds. The van der Waals surface area contributed by atoms with Crippen molar-refractivity contribution in [2.75, 3.05) is 12.0 Å². The topological polar surface area (TPSA) is 89.6 Å². The second-order valence-electron chi connectivity index (χ2n) is 5.48. The summed E-state index contributed by atoms with van der Waals surface area (Å²) in [7, 11) is 0. The second kappa shape index (κ2) is 10.0. The number of anilines is 1. The molecule has 1 aromatic heterocycles. The van der Waals surface area contributed by atoms with Gasteiger partial charge in [0.1, 0.15) is 17.8 Å². The highest BCUT2D eigenvalue weighted by atomic mass is 16.6. The first kappa shape index (κ1) is 18.4. The molecule has 0 radical (unpaired) electrons. The summed E-state index contributed by atoms with van der Waals surface area (Å²) in [5, 5.41) is 14.7. The Morgan fingerprint density at radius 1 is 1.24 bits per heavy atom. The fourth-order valence-corrected chi connectivity index (χ4v) is 2.16. The highest BCUT2D eigenvalue weighted by Gasteiger charge is 2.04. The monoisotopic (exact) mass is 342 g/mol. The molecule has 0 saturated heterocycles. The van der Waals surface area contributed by atoms with Crippen LogP contribution in [0.5, 0.6) is 5.75 Å². The number of aromatic nitrogens is 1. The Morgan fingerprint density at radius 2 is 2.08 bits per heavy atom. The molecule has 0 aliphatic rings. The number of ether oxygens (including phenoxy) is 1. The number of nitro groups is 1. The van der Waals surface area contributed by atoms with E-state index in [1.165, 1.54) is 37.6 Å². The van der Waals surface area contributed by atoms with Gasteiger partial charge in [-0.15, -0.1) is 0 Å². The van der Waals surface area contributed by atoms with Gasteiger partial charge in [-0.05, 0) is 24.6 Å². The summed E-state index contributed by atoms with van der Waals surface area (Å²) in [4.78, 5) is 14.0. The van der Waals surface area contributed by atoms with Crippen LogP contribution in [0, 0.1) is 10.1 Å². The summed E-state index contributed by atoms with van der Waals surface area (Å²) >= 11 is 0. The maximum Gasteiger partial charge on any atom is 0.287 e. The minimum Gasteiger partial charge on any atom is -0.493 e. The predicted molar refractivity (Wildman–Crippen MR) is 98.2 cm³/mol. The molecule has 2 aromatic rings. The molecule has 132 valence electrons. The standard InChI is InChI=1S/C18H22N4O3/c1-2-3-4-7-12-25-17-9-6-5-8-15(17)13-20-21-18-11-10-16(14-19-18)22(23)24/h5-6,8-11,13-14H,2-4,7,12H2,1H3,(H,19,21)/b20-13-. The summed E-state index contributed by atoms with van der Waals surface area (Å²) in [6.45, 7) is 2.86. The van der Waals surface area contributed by atoms with Crippen LogP contribution in [0.25, 0.3) is 0 Å². The first-order valence-electron chi connectivity index (χ1n) is 8.32. The molecular weight excluding hydrogens is 320 g/mol. The smallest absolute Gasteiger partial charge is 0.287 e. The number of para-hydroxylation sites is 1. The first-order valence-corrected chi connectivity index (χ1v) is 8.32. The van der Waals surface area contributed by atoms with Crippen molar-refractivity contribution in [1.29, 1.82) is 0 Å². The summed E-state index contributed by atoms with van der Waals surface area (Å²) in [6, 6.07) is 10.5. The molecule has 0 aliphatic heterocycles. The molecule has 1 aromatic carbocycles. The molecule has 7 nitrogen and oxygen atoms in total. The Hall–Kier alpha value is -2.96. The van der Waals surface area contributed by atoms with E-state index in [1.54, 1.807) is 6.21 Å². The Bertz CT molecular complexity index is 702. The van der Waals surface area contributed by atoms with Crippen molar-refractivity contribution in [3.8, 4) is 5.75 Å². The third-order valence-corrected chi connectivity index (χ3v) is 3.52. The molecule has 0 saturated carbocycles. The predicted octanol–water partition coefficient (Wildman–Crippen LogP) is 4.39. The van der Waals surface area contributed by atoms with E-state index in [1.807, 2.05) is 24.3 Å². The van der Waals surface area contributed by atoms with E-state index in [-0.39, 0.29) is 5.69 Å². The largest absolute Gasteiger partial charge is 0.493 e. The van der Waals surface area contributed by atoms with Crippen molar-refractivity contribution in [3.63, 3.8) is 0 Å². The average molecular weight is 342 g/mol. The fraction of sp³-hybridized carbons (Fsp3) is 0.333. The van der Waals surface area contributed by atoms with Gasteiger partial charge >= 0.3 is 0 Å². The van der Waals surface area contributed by atoms with E-state index in [9.17, 15) is 10.1 Å². The fourth-order valence-electron chi connectivity index (χ4n) is 2.16. The molecule has 0 atom stereocenters. The molecule has 0 bridgehead atoms. The van der Waals surface area contributed by atoms with Gasteiger partial charge in [0.2, 0.25) is 0 Å². The Kier molecular flexibility index (Phi) is 7.37. The highest BCUT2D eigenvalue weighted by Crippen LogP contribution is 2.17. The maximum atomic E-state index is 10.6. The number of hydrazone groups is 1. The van der Waals surface area contributed by atoms with Crippen molar-refractivity contribution in [2.24, 2.45) is 5.10 Å². The van der Waals surface area contributed by atoms with Crippen LogP contribution in [0.3, 0.4) is 0 Å². The lowest BCUT2D eigenvalue weighted by molar-refractivity contribution is -0.385. The third kappa shape index (κ3) is 6.21. The molecule has 0 spiro atoms. The van der Waals surface area contributed by atoms with Gasteiger partial charge in [-0.3, -0.25) is 15.5 Å². The van der Waals surface area contributed by atoms with E-state index in [0.717, 1.165) is 17.7 Å². The van der Waals surface area contributed by atoms with E-state index >= 15 is 0 Å². The Balaban J connectivity index is 1.90. The van der Waals surface area contributed by atoms with Gasteiger partial charge in [0.15, 0.2) is 0 Å². The number of rotatable bonds is 10. The van der Waals surface area contributed by atoms with Gasteiger partial charge in [0.05, 0.1) is 17.7 Å². The lowest BCUT2D eigenvalue weighted by atomic mass is 10.2. The number of pyridine rings is 1. The SMILES string of the molecule is CCCCCCOc1ccccc1/C=N\Nc1ccc([N+](=O)[O-])cn1. The zero-order chi connectivity index (χ0) is 17.9. The van der Waals surface area contributed by atoms with E-state index < -0.39 is 4.92 Å². The minimum atomic E-state index is -0.492. The zero-order valence-corrected chi connectivity index (χ0v) is 14.2. The molecule has 25 heavy (non-hydrogen) atoms. The minimum absolute atomic E-state index is 0.0589. The van der Waals surface area contributed by atoms with Gasteiger partial charge in [-0.25, -0.2) is 4.98 Å². The molecule has 1 heterocycles. The zero-order valence-electron chi connectivity index (χ0n) is 14.2. The van der Waals surface area contributed by atoms with Crippen molar-refractivity contribution in [3.05, 3.63) is 58.3 Å². The summed E-state index contributed by atoms with van der Waals surface area (Å²) in [6.07, 6.45) is 7.45. The van der Waals surface area contributed by atoms with Crippen LogP contribution in [0.4, 0.5) is 11.5 Å². The average Bonchev–Trinajstić information content (AvgIpc) is 2.63. The molecule has 1 N–H and O–H groups in total. The van der Waals surface area contributed by atoms with Crippen LogP contribution >= 0.6 is 0 Å². The highest BCUT2D eigenvalue weighted by molar-refractivity contribution is 5.83. The van der Waals surface area contributed by atoms with Crippen LogP contribution in [0.2, 0.25) is 0 Å². The van der Waals surface area contributed by atoms with Gasteiger partial charge in [-0.1, -0.05) is 38.3 Å². The van der Waals surface area contributed by atoms with E-state index in [4.69, 9.17) is 4.74 Å². The number of benzene rings is 1. The normalized spacial score (nSPS) is 10.8. The van der Waals surface area contributed by atoms with Gasteiger partial charge in [-0.2, -0.15) is 5.10 Å². The van der Waals surface area contributed by atoms with Gasteiger partial charge < -0.3 is 4.74 Å². The number of nitrogens with zero attached hydrogens (tertiary/aromatic N) is 3. The Labute approximate surface area is 146 Å². The summed E-state index contributed by atoms with van der Waals surface area (Å²) in [5.41, 5.74) is 3.55. The number of unbranched alkanes of at least 4 members (excludes halogenated alkanes) is 3. The van der Waals surface area contributed by atoms with Crippen LogP contribution < -0.4 is 10.2 Å².